The summed E-state index contributed by atoms with van der Waals surface area (Å²) in [5, 5.41) is 0. The lowest BCUT2D eigenvalue weighted by atomic mass is 9.59. The molecule has 0 aromatic carbocycles. The van der Waals surface area contributed by atoms with E-state index in [1.807, 2.05) is 0 Å². The number of nitrogens with two attached hydrogens (primary N) is 1. The van der Waals surface area contributed by atoms with Crippen LogP contribution in [0.5, 0.6) is 0 Å². The topological polar surface area (TPSA) is 26.0 Å². The Labute approximate surface area is 129 Å². The van der Waals surface area contributed by atoms with Gasteiger partial charge in [0.25, 0.3) is 0 Å². The zero-order valence-corrected chi connectivity index (χ0v) is 15.2. The van der Waals surface area contributed by atoms with Crippen molar-refractivity contribution in [3.8, 4) is 0 Å². The number of rotatable bonds is 12. The standard InChI is InChI=1S/C19H41N/c1-7-12-13-14-15-16-17(8-2)18(6,20)19(9-3,10-4)11-5/h17H,7-16,20H2,1-6H3. The molecular weight excluding hydrogens is 242 g/mol. The van der Waals surface area contributed by atoms with Gasteiger partial charge in [-0.1, -0.05) is 73.1 Å². The fraction of sp³-hybridized carbons (Fsp3) is 1.00. The number of hydrogen-bond acceptors (Lipinski definition) is 1. The molecule has 0 heterocycles. The normalized spacial score (nSPS) is 16.9. The van der Waals surface area contributed by atoms with Gasteiger partial charge in [0, 0.05) is 5.54 Å². The number of hydrogen-bond donors (Lipinski definition) is 1. The first-order valence-corrected chi connectivity index (χ1v) is 9.24. The first-order chi connectivity index (χ1) is 9.45. The molecule has 0 aromatic rings. The first-order valence-electron chi connectivity index (χ1n) is 9.24. The van der Waals surface area contributed by atoms with E-state index < -0.39 is 0 Å². The average molecular weight is 284 g/mol. The van der Waals surface area contributed by atoms with Crippen molar-refractivity contribution in [1.29, 1.82) is 0 Å². The van der Waals surface area contributed by atoms with Crippen LogP contribution in [-0.2, 0) is 0 Å². The van der Waals surface area contributed by atoms with E-state index in [0.717, 1.165) is 0 Å². The molecule has 0 spiro atoms. The Morgan fingerprint density at radius 2 is 1.30 bits per heavy atom. The fourth-order valence-corrected chi connectivity index (χ4v) is 4.25. The molecule has 122 valence electrons. The highest BCUT2D eigenvalue weighted by molar-refractivity contribution is 5.01. The summed E-state index contributed by atoms with van der Waals surface area (Å²) < 4.78 is 0. The minimum absolute atomic E-state index is 0.0231. The molecule has 2 unspecified atom stereocenters. The second kappa shape index (κ2) is 9.82. The maximum Gasteiger partial charge on any atom is 0.0210 e. The van der Waals surface area contributed by atoms with Crippen LogP contribution < -0.4 is 5.73 Å². The Balaban J connectivity index is 4.66. The van der Waals surface area contributed by atoms with Gasteiger partial charge in [-0.3, -0.25) is 0 Å². The van der Waals surface area contributed by atoms with Gasteiger partial charge >= 0.3 is 0 Å². The van der Waals surface area contributed by atoms with Crippen LogP contribution >= 0.6 is 0 Å². The molecule has 0 aromatic heterocycles. The van der Waals surface area contributed by atoms with Crippen molar-refractivity contribution in [3.05, 3.63) is 0 Å². The van der Waals surface area contributed by atoms with Gasteiger partial charge in [0.15, 0.2) is 0 Å². The zero-order valence-electron chi connectivity index (χ0n) is 15.2. The Hall–Kier alpha value is -0.0400. The van der Waals surface area contributed by atoms with Crippen molar-refractivity contribution in [2.45, 2.75) is 111 Å². The minimum Gasteiger partial charge on any atom is -0.325 e. The van der Waals surface area contributed by atoms with Crippen LogP contribution in [0.25, 0.3) is 0 Å². The molecule has 1 nitrogen and oxygen atoms in total. The SMILES string of the molecule is CCCCCCCC(CC)C(C)(N)C(CC)(CC)CC. The van der Waals surface area contributed by atoms with Crippen LogP contribution in [0.15, 0.2) is 0 Å². The van der Waals surface area contributed by atoms with Gasteiger partial charge in [-0.2, -0.15) is 0 Å². The van der Waals surface area contributed by atoms with E-state index in [4.69, 9.17) is 5.73 Å². The van der Waals surface area contributed by atoms with Gasteiger partial charge in [-0.25, -0.2) is 0 Å². The van der Waals surface area contributed by atoms with E-state index in [1.54, 1.807) is 0 Å². The van der Waals surface area contributed by atoms with E-state index in [0.29, 0.717) is 11.3 Å². The Morgan fingerprint density at radius 3 is 1.70 bits per heavy atom. The monoisotopic (exact) mass is 283 g/mol. The molecule has 0 saturated heterocycles. The van der Waals surface area contributed by atoms with E-state index in [9.17, 15) is 0 Å². The van der Waals surface area contributed by atoms with Crippen molar-refractivity contribution >= 4 is 0 Å². The van der Waals surface area contributed by atoms with Gasteiger partial charge in [-0.05, 0) is 43.9 Å². The zero-order chi connectivity index (χ0) is 15.6. The second-order valence-corrected chi connectivity index (χ2v) is 6.93. The molecule has 0 aliphatic carbocycles. The quantitative estimate of drug-likeness (QED) is 0.417. The van der Waals surface area contributed by atoms with Gasteiger partial charge in [0.1, 0.15) is 0 Å². The molecule has 0 amide bonds. The number of unbranched alkanes of at least 4 members (excludes halogenated alkanes) is 4. The highest BCUT2D eigenvalue weighted by Gasteiger charge is 2.45. The molecule has 0 saturated carbocycles. The summed E-state index contributed by atoms with van der Waals surface area (Å²) in [7, 11) is 0. The third-order valence-corrected chi connectivity index (χ3v) is 6.17. The third kappa shape index (κ3) is 4.76. The maximum absolute atomic E-state index is 6.92. The van der Waals surface area contributed by atoms with E-state index in [2.05, 4.69) is 41.5 Å². The lowest BCUT2D eigenvalue weighted by Gasteiger charge is -2.50. The molecule has 1 heteroatoms. The van der Waals surface area contributed by atoms with Crippen LogP contribution in [0.1, 0.15) is 106 Å². The molecule has 0 aliphatic rings. The molecule has 0 radical (unpaired) electrons. The van der Waals surface area contributed by atoms with Crippen molar-refractivity contribution < 1.29 is 0 Å². The lowest BCUT2D eigenvalue weighted by molar-refractivity contribution is 0.0524. The molecular formula is C19H41N. The predicted molar refractivity (Wildman–Crippen MR) is 93.1 cm³/mol. The third-order valence-electron chi connectivity index (χ3n) is 6.17. The highest BCUT2D eigenvalue weighted by Crippen LogP contribution is 2.46. The van der Waals surface area contributed by atoms with Gasteiger partial charge in [0.2, 0.25) is 0 Å². The molecule has 0 bridgehead atoms. The van der Waals surface area contributed by atoms with E-state index >= 15 is 0 Å². The molecule has 0 fully saturated rings. The molecule has 20 heavy (non-hydrogen) atoms. The highest BCUT2D eigenvalue weighted by atomic mass is 14.8. The smallest absolute Gasteiger partial charge is 0.0210 e. The van der Waals surface area contributed by atoms with Crippen molar-refractivity contribution in [2.75, 3.05) is 0 Å². The predicted octanol–water partition coefficient (Wildman–Crippen LogP) is 6.31. The maximum atomic E-state index is 6.92. The van der Waals surface area contributed by atoms with Crippen molar-refractivity contribution in [3.63, 3.8) is 0 Å². The van der Waals surface area contributed by atoms with Crippen LogP contribution in [0.4, 0.5) is 0 Å². The summed E-state index contributed by atoms with van der Waals surface area (Å²) in [5.74, 6) is 0.670. The van der Waals surface area contributed by atoms with Crippen molar-refractivity contribution in [1.82, 2.24) is 0 Å². The minimum atomic E-state index is -0.0231. The van der Waals surface area contributed by atoms with Gasteiger partial charge < -0.3 is 5.73 Å². The average Bonchev–Trinajstić information content (AvgIpc) is 2.44. The Bertz CT molecular complexity index is 220. The largest absolute Gasteiger partial charge is 0.325 e. The molecule has 0 rings (SSSR count). The molecule has 0 aliphatic heterocycles. The molecule has 2 N–H and O–H groups in total. The van der Waals surface area contributed by atoms with Gasteiger partial charge in [-0.15, -0.1) is 0 Å². The van der Waals surface area contributed by atoms with Crippen LogP contribution in [0, 0.1) is 11.3 Å². The van der Waals surface area contributed by atoms with E-state index in [-0.39, 0.29) is 5.54 Å². The summed E-state index contributed by atoms with van der Waals surface area (Å²) in [4.78, 5) is 0. The van der Waals surface area contributed by atoms with Crippen LogP contribution in [0.2, 0.25) is 0 Å². The summed E-state index contributed by atoms with van der Waals surface area (Å²) >= 11 is 0. The second-order valence-electron chi connectivity index (χ2n) is 6.93. The molecule has 2 atom stereocenters. The van der Waals surface area contributed by atoms with Crippen LogP contribution in [0.3, 0.4) is 0 Å². The van der Waals surface area contributed by atoms with Crippen LogP contribution in [-0.4, -0.2) is 5.54 Å². The lowest BCUT2D eigenvalue weighted by Crippen LogP contribution is -2.57. The summed E-state index contributed by atoms with van der Waals surface area (Å²) in [5.41, 5.74) is 7.22. The van der Waals surface area contributed by atoms with E-state index in [1.165, 1.54) is 64.2 Å². The Morgan fingerprint density at radius 1 is 0.800 bits per heavy atom. The first kappa shape index (κ1) is 20.0. The van der Waals surface area contributed by atoms with Crippen molar-refractivity contribution in [2.24, 2.45) is 17.1 Å². The summed E-state index contributed by atoms with van der Waals surface area (Å²) in [6.45, 7) is 13.9. The fourth-order valence-electron chi connectivity index (χ4n) is 4.25. The van der Waals surface area contributed by atoms with Gasteiger partial charge in [0.05, 0.1) is 0 Å². The Kier molecular flexibility index (Phi) is 9.80. The summed E-state index contributed by atoms with van der Waals surface area (Å²) in [6, 6.07) is 0. The summed E-state index contributed by atoms with van der Waals surface area (Å²) in [6.07, 6.45) is 13.0.